The lowest BCUT2D eigenvalue weighted by atomic mass is 9.99. The number of carbonyl (C=O) groups excluding carboxylic acids is 8. The molecule has 18 nitrogen and oxygen atoms in total. The second-order valence-electron chi connectivity index (χ2n) is 10.3. The van der Waals surface area contributed by atoms with Crippen molar-refractivity contribution in [1.82, 2.24) is 0 Å². The second-order valence-corrected chi connectivity index (χ2v) is 11.5. The van der Waals surface area contributed by atoms with E-state index < -0.39 is 121 Å². The van der Waals surface area contributed by atoms with Crippen molar-refractivity contribution in [2.45, 2.75) is 115 Å². The average Bonchev–Trinajstić information content (AvgIpc) is 2.91. The Bertz CT molecular complexity index is 1110. The molecule has 2 fully saturated rings. The van der Waals surface area contributed by atoms with Gasteiger partial charge in [-0.25, -0.2) is 0 Å². The molecule has 2 rings (SSSR count). The highest BCUT2D eigenvalue weighted by Gasteiger charge is 2.57. The maximum Gasteiger partial charge on any atom is 0.303 e. The van der Waals surface area contributed by atoms with Gasteiger partial charge in [0.1, 0.15) is 36.3 Å². The van der Waals surface area contributed by atoms with E-state index in [0.717, 1.165) is 55.4 Å². The zero-order valence-corrected chi connectivity index (χ0v) is 27.8. The van der Waals surface area contributed by atoms with Crippen molar-refractivity contribution in [1.29, 1.82) is 0 Å². The maximum atomic E-state index is 12.3. The fraction of sp³-hybridized carbons (Fsp3) is 0.714. The zero-order chi connectivity index (χ0) is 35.6. The maximum absolute atomic E-state index is 12.3. The van der Waals surface area contributed by atoms with Gasteiger partial charge < -0.3 is 47.4 Å². The van der Waals surface area contributed by atoms with E-state index in [1.807, 2.05) is 0 Å². The van der Waals surface area contributed by atoms with Gasteiger partial charge in [-0.3, -0.25) is 38.4 Å². The third-order valence-corrected chi connectivity index (χ3v) is 7.46. The standard InChI is InChI=1S/C28H38O18S/c1-11(29)37-9-19-21(39-13(3)31)23(41-15(5)33)25(43-17(7)35)27(45-19)47-28-26(44-18(8)36)24(42-16(6)34)22(40-14(4)32)20(46-28)10-38-12(2)30/h19-28H,9-10H2,1-8H3/t19-,20+,21+,22-,23+,24-,25+,26-,27+,28-. The quantitative estimate of drug-likeness (QED) is 0.192. The van der Waals surface area contributed by atoms with E-state index >= 15 is 0 Å². The molecule has 19 heteroatoms. The molecular weight excluding hydrogens is 656 g/mol. The molecular formula is C28H38O18S. The van der Waals surface area contributed by atoms with Crippen LogP contribution in [0.3, 0.4) is 0 Å². The smallest absolute Gasteiger partial charge is 0.303 e. The van der Waals surface area contributed by atoms with Gasteiger partial charge in [-0.2, -0.15) is 0 Å². The van der Waals surface area contributed by atoms with Crippen molar-refractivity contribution >= 4 is 59.5 Å². The van der Waals surface area contributed by atoms with Crippen LogP contribution in [0.4, 0.5) is 0 Å². The molecule has 0 bridgehead atoms. The van der Waals surface area contributed by atoms with Gasteiger partial charge in [0.25, 0.3) is 0 Å². The van der Waals surface area contributed by atoms with Crippen molar-refractivity contribution in [3.05, 3.63) is 0 Å². The largest absolute Gasteiger partial charge is 0.463 e. The van der Waals surface area contributed by atoms with E-state index in [1.54, 1.807) is 0 Å². The summed E-state index contributed by atoms with van der Waals surface area (Å²) in [5.41, 5.74) is -2.84. The molecule has 0 spiro atoms. The summed E-state index contributed by atoms with van der Waals surface area (Å²) < 4.78 is 55.0. The minimum atomic E-state index is -1.54. The van der Waals surface area contributed by atoms with Gasteiger partial charge >= 0.3 is 47.8 Å². The van der Waals surface area contributed by atoms with E-state index in [2.05, 4.69) is 0 Å². The van der Waals surface area contributed by atoms with Crippen LogP contribution < -0.4 is 0 Å². The lowest BCUT2D eigenvalue weighted by molar-refractivity contribution is -0.243. The number of thioether (sulfide) groups is 1. The van der Waals surface area contributed by atoms with Crippen LogP contribution in [0.15, 0.2) is 0 Å². The first-order valence-electron chi connectivity index (χ1n) is 14.2. The molecule has 0 radical (unpaired) electrons. The highest BCUT2D eigenvalue weighted by molar-refractivity contribution is 8.00. The summed E-state index contributed by atoms with van der Waals surface area (Å²) >= 11 is 0.678. The molecule has 0 aromatic rings. The van der Waals surface area contributed by atoms with Gasteiger partial charge in [0.2, 0.25) is 0 Å². The first kappa shape index (κ1) is 39.2. The van der Waals surface area contributed by atoms with Crippen molar-refractivity contribution in [2.24, 2.45) is 0 Å². The van der Waals surface area contributed by atoms with Crippen molar-refractivity contribution in [2.75, 3.05) is 13.2 Å². The lowest BCUT2D eigenvalue weighted by Crippen LogP contribution is -2.64. The third kappa shape index (κ3) is 12.3. The molecule has 2 aliphatic rings. The second kappa shape index (κ2) is 17.8. The topological polar surface area (TPSA) is 229 Å². The number of carbonyl (C=O) groups is 8. The summed E-state index contributed by atoms with van der Waals surface area (Å²) in [6.07, 6.45) is -11.7. The molecule has 0 aromatic heterocycles. The van der Waals surface area contributed by atoms with Crippen LogP contribution in [0.25, 0.3) is 0 Å². The van der Waals surface area contributed by atoms with Crippen molar-refractivity contribution < 1.29 is 85.7 Å². The van der Waals surface area contributed by atoms with Crippen LogP contribution in [0, 0.1) is 0 Å². The number of hydrogen-bond donors (Lipinski definition) is 0. The van der Waals surface area contributed by atoms with E-state index in [0.29, 0.717) is 11.8 Å². The van der Waals surface area contributed by atoms with Gasteiger partial charge in [0.05, 0.1) is 0 Å². The molecule has 264 valence electrons. The Morgan fingerprint density at radius 3 is 0.915 bits per heavy atom. The molecule has 0 N–H and O–H groups in total. The van der Waals surface area contributed by atoms with Crippen LogP contribution in [0.1, 0.15) is 55.4 Å². The van der Waals surface area contributed by atoms with Crippen LogP contribution in [-0.4, -0.2) is 121 Å². The number of rotatable bonds is 12. The first-order valence-corrected chi connectivity index (χ1v) is 15.1. The van der Waals surface area contributed by atoms with E-state index in [9.17, 15) is 38.4 Å². The summed E-state index contributed by atoms with van der Waals surface area (Å²) in [4.78, 5) is 96.4. The van der Waals surface area contributed by atoms with Gasteiger partial charge in [-0.05, 0) is 0 Å². The molecule has 0 aliphatic carbocycles. The molecule has 10 atom stereocenters. The summed E-state index contributed by atoms with van der Waals surface area (Å²) in [7, 11) is 0. The summed E-state index contributed by atoms with van der Waals surface area (Å²) in [6.45, 7) is 7.50. The van der Waals surface area contributed by atoms with Crippen molar-refractivity contribution in [3.63, 3.8) is 0 Å². The van der Waals surface area contributed by atoms with Crippen LogP contribution >= 0.6 is 11.8 Å². The van der Waals surface area contributed by atoms with E-state index in [-0.39, 0.29) is 0 Å². The fourth-order valence-corrected chi connectivity index (χ4v) is 6.14. The molecule has 2 heterocycles. The minimum Gasteiger partial charge on any atom is -0.463 e. The molecule has 0 aromatic carbocycles. The molecule has 0 unspecified atom stereocenters. The summed E-state index contributed by atoms with van der Waals surface area (Å²) in [5, 5.41) is 0. The van der Waals surface area contributed by atoms with Gasteiger partial charge in [0, 0.05) is 55.4 Å². The highest BCUT2D eigenvalue weighted by Crippen LogP contribution is 2.41. The predicted octanol–water partition coefficient (Wildman–Crippen LogP) is -0.114. The van der Waals surface area contributed by atoms with Gasteiger partial charge in [-0.1, -0.05) is 11.8 Å². The van der Waals surface area contributed by atoms with Crippen LogP contribution in [0.2, 0.25) is 0 Å². The lowest BCUT2D eigenvalue weighted by Gasteiger charge is -2.47. The van der Waals surface area contributed by atoms with Crippen LogP contribution in [-0.2, 0) is 85.7 Å². The molecule has 47 heavy (non-hydrogen) atoms. The SMILES string of the molecule is CC(=O)OC[C@@H]1O[C@H](S[C@@H]2O[C@H](COC(C)=O)[C@H](OC(C)=O)[C@H](OC(C)=O)[C@@H]2OC(C)=O)[C@H](OC(C)=O)[C@H](OC(C)=O)[C@@H]1OC(C)=O. The Hall–Kier alpha value is -3.97. The summed E-state index contributed by atoms with van der Waals surface area (Å²) in [5.74, 6) is -6.62. The highest BCUT2D eigenvalue weighted by atomic mass is 32.2. The van der Waals surface area contributed by atoms with Gasteiger partial charge in [-0.15, -0.1) is 0 Å². The Morgan fingerprint density at radius 2 is 0.660 bits per heavy atom. The molecule has 0 amide bonds. The predicted molar refractivity (Wildman–Crippen MR) is 152 cm³/mol. The van der Waals surface area contributed by atoms with Gasteiger partial charge in [0.15, 0.2) is 36.6 Å². The Morgan fingerprint density at radius 1 is 0.404 bits per heavy atom. The molecule has 2 aliphatic heterocycles. The van der Waals surface area contributed by atoms with Crippen LogP contribution in [0.5, 0.6) is 0 Å². The first-order chi connectivity index (χ1) is 21.9. The normalized spacial score (nSPS) is 30.0. The number of hydrogen-bond acceptors (Lipinski definition) is 19. The average molecular weight is 695 g/mol. The number of ether oxygens (including phenoxy) is 10. The third-order valence-electron chi connectivity index (χ3n) is 6.16. The molecule has 2 saturated heterocycles. The number of esters is 8. The minimum absolute atomic E-state index is 0.520. The molecule has 0 saturated carbocycles. The van der Waals surface area contributed by atoms with E-state index in [1.165, 1.54) is 0 Å². The van der Waals surface area contributed by atoms with E-state index in [4.69, 9.17) is 47.4 Å². The Kier molecular flexibility index (Phi) is 14.9. The van der Waals surface area contributed by atoms with Crippen molar-refractivity contribution in [3.8, 4) is 0 Å². The fourth-order valence-electron chi connectivity index (χ4n) is 4.73. The monoisotopic (exact) mass is 694 g/mol. The zero-order valence-electron chi connectivity index (χ0n) is 26.9. The summed E-state index contributed by atoms with van der Waals surface area (Å²) in [6, 6.07) is 0. The Balaban J connectivity index is 2.69. The Labute approximate surface area is 273 Å².